The van der Waals surface area contributed by atoms with E-state index in [1.54, 1.807) is 12.0 Å². The maximum Gasteiger partial charge on any atom is 0.238 e. The molecule has 0 aliphatic carbocycles. The number of carbonyl (C=O) groups excluding carboxylic acids is 1. The number of ether oxygens (including phenoxy) is 1. The normalized spacial score (nSPS) is 15.5. The van der Waals surface area contributed by atoms with Crippen molar-refractivity contribution in [3.05, 3.63) is 29.8 Å². The number of para-hydroxylation sites is 1. The van der Waals surface area contributed by atoms with Crippen LogP contribution in [0.25, 0.3) is 5.57 Å². The Balaban J connectivity index is 1.95. The van der Waals surface area contributed by atoms with Gasteiger partial charge in [-0.1, -0.05) is 30.0 Å². The summed E-state index contributed by atoms with van der Waals surface area (Å²) in [5.41, 5.74) is 7.98. The van der Waals surface area contributed by atoms with Gasteiger partial charge in [0.05, 0.1) is 24.1 Å². The number of nitrogens with one attached hydrogen (secondary N) is 1. The molecule has 0 spiro atoms. The molecule has 8 heteroatoms. The molecule has 0 radical (unpaired) electrons. The van der Waals surface area contributed by atoms with Crippen LogP contribution in [0.15, 0.2) is 29.4 Å². The molecule has 0 saturated carbocycles. The number of nitrogens with zero attached hydrogens (tertiary/aromatic N) is 3. The molecule has 132 valence electrons. The van der Waals surface area contributed by atoms with Crippen molar-refractivity contribution < 1.29 is 9.53 Å². The number of aromatic nitrogens is 3. The lowest BCUT2D eigenvalue weighted by atomic mass is 9.88. The lowest BCUT2D eigenvalue weighted by Gasteiger charge is -2.42. The highest BCUT2D eigenvalue weighted by atomic mass is 32.2. The highest BCUT2D eigenvalue weighted by Crippen LogP contribution is 2.44. The van der Waals surface area contributed by atoms with Gasteiger partial charge in [-0.15, -0.1) is 5.10 Å². The number of anilines is 2. The zero-order chi connectivity index (χ0) is 18.2. The van der Waals surface area contributed by atoms with Crippen molar-refractivity contribution in [3.8, 4) is 5.75 Å². The Labute approximate surface area is 150 Å². The fraction of sp³-hybridized carbons (Fsp3) is 0.353. The van der Waals surface area contributed by atoms with Gasteiger partial charge < -0.3 is 10.5 Å². The maximum absolute atomic E-state index is 13.1. The third-order valence-corrected chi connectivity index (χ3v) is 4.90. The predicted molar refractivity (Wildman–Crippen MR) is 99.7 cm³/mol. The second-order valence-corrected chi connectivity index (χ2v) is 7.30. The number of fused-ring (bicyclic) bond motifs is 1. The average Bonchev–Trinajstić information content (AvgIpc) is 2.97. The van der Waals surface area contributed by atoms with Gasteiger partial charge in [-0.05, 0) is 32.4 Å². The summed E-state index contributed by atoms with van der Waals surface area (Å²) in [7, 11) is 1.62. The number of benzene rings is 1. The van der Waals surface area contributed by atoms with E-state index in [0.29, 0.717) is 10.9 Å². The largest absolute Gasteiger partial charge is 0.495 e. The number of nitrogen functional groups attached to an aromatic ring is 1. The fourth-order valence-electron chi connectivity index (χ4n) is 3.16. The van der Waals surface area contributed by atoms with Crippen LogP contribution < -0.4 is 15.4 Å². The molecule has 1 aromatic heterocycles. The third kappa shape index (κ3) is 3.21. The van der Waals surface area contributed by atoms with Gasteiger partial charge in [-0.25, -0.2) is 5.10 Å². The second kappa shape index (κ2) is 6.44. The van der Waals surface area contributed by atoms with Gasteiger partial charge in [-0.3, -0.25) is 9.69 Å². The highest BCUT2D eigenvalue weighted by molar-refractivity contribution is 7.99. The minimum absolute atomic E-state index is 0.0483. The quantitative estimate of drug-likeness (QED) is 0.815. The standard InChI is InChI=1S/C17H21N5O2S/c1-10-8-17(2,3)22(14-11(10)6-5-7-12(14)24-4)13(23)9-25-16-19-15(18)20-21-16/h5-8H,9H2,1-4H3,(H3,18,19,20,21). The van der Waals surface area contributed by atoms with Gasteiger partial charge in [0, 0.05) is 5.56 Å². The molecule has 25 heavy (non-hydrogen) atoms. The molecule has 1 amide bonds. The molecule has 0 atom stereocenters. The molecule has 7 nitrogen and oxygen atoms in total. The Kier molecular flexibility index (Phi) is 4.47. The van der Waals surface area contributed by atoms with Crippen molar-refractivity contribution in [1.29, 1.82) is 0 Å². The number of rotatable bonds is 4. The van der Waals surface area contributed by atoms with Crippen molar-refractivity contribution in [2.45, 2.75) is 31.5 Å². The first-order valence-corrected chi connectivity index (χ1v) is 8.82. The van der Waals surface area contributed by atoms with Crippen LogP contribution in [0.4, 0.5) is 11.6 Å². The van der Waals surface area contributed by atoms with Gasteiger partial charge in [0.25, 0.3) is 0 Å². The van der Waals surface area contributed by atoms with Crippen molar-refractivity contribution in [2.75, 3.05) is 23.5 Å². The molecule has 0 saturated heterocycles. The summed E-state index contributed by atoms with van der Waals surface area (Å²) in [6.07, 6.45) is 2.10. The molecule has 3 N–H and O–H groups in total. The molecular weight excluding hydrogens is 338 g/mol. The van der Waals surface area contributed by atoms with Gasteiger partial charge in [0.1, 0.15) is 5.75 Å². The van der Waals surface area contributed by atoms with Gasteiger partial charge in [0.2, 0.25) is 17.0 Å². The second-order valence-electron chi connectivity index (χ2n) is 6.36. The van der Waals surface area contributed by atoms with Crippen molar-refractivity contribution in [3.63, 3.8) is 0 Å². The van der Waals surface area contributed by atoms with Crippen LogP contribution in [0.2, 0.25) is 0 Å². The van der Waals surface area contributed by atoms with Crippen LogP contribution in [-0.4, -0.2) is 39.5 Å². The summed E-state index contributed by atoms with van der Waals surface area (Å²) < 4.78 is 5.53. The summed E-state index contributed by atoms with van der Waals surface area (Å²) in [5, 5.41) is 6.97. The molecule has 2 aromatic rings. The lowest BCUT2D eigenvalue weighted by Crippen LogP contribution is -2.49. The number of nitrogens with two attached hydrogens (primary N) is 1. The summed E-state index contributed by atoms with van der Waals surface area (Å²) in [6, 6.07) is 5.81. The van der Waals surface area contributed by atoms with Gasteiger partial charge >= 0.3 is 0 Å². The van der Waals surface area contributed by atoms with E-state index < -0.39 is 5.54 Å². The Hall–Kier alpha value is -2.48. The zero-order valence-corrected chi connectivity index (χ0v) is 15.5. The minimum atomic E-state index is -0.471. The Morgan fingerprint density at radius 2 is 2.20 bits per heavy atom. The summed E-state index contributed by atoms with van der Waals surface area (Å²) in [5.74, 6) is 1.07. The summed E-state index contributed by atoms with van der Waals surface area (Å²) in [6.45, 7) is 6.07. The fourth-order valence-corrected chi connectivity index (χ4v) is 3.81. The van der Waals surface area contributed by atoms with Gasteiger partial charge in [-0.2, -0.15) is 4.98 Å². The number of aromatic amines is 1. The molecule has 1 aliphatic rings. The Bertz CT molecular complexity index is 843. The Morgan fingerprint density at radius 3 is 2.84 bits per heavy atom. The van der Waals surface area contributed by atoms with Crippen LogP contribution in [0, 0.1) is 0 Å². The molecule has 3 rings (SSSR count). The van der Waals surface area contributed by atoms with E-state index in [2.05, 4.69) is 21.3 Å². The number of methoxy groups -OCH3 is 1. The third-order valence-electron chi connectivity index (χ3n) is 4.07. The number of carbonyl (C=O) groups is 1. The van der Waals surface area contributed by atoms with E-state index >= 15 is 0 Å². The number of thioether (sulfide) groups is 1. The van der Waals surface area contributed by atoms with Crippen LogP contribution in [-0.2, 0) is 4.79 Å². The summed E-state index contributed by atoms with van der Waals surface area (Å²) >= 11 is 1.25. The van der Waals surface area contributed by atoms with Crippen molar-refractivity contribution in [2.24, 2.45) is 0 Å². The monoisotopic (exact) mass is 359 g/mol. The van der Waals surface area contributed by atoms with E-state index in [-0.39, 0.29) is 17.6 Å². The number of amides is 1. The first kappa shape index (κ1) is 17.3. The topological polar surface area (TPSA) is 97.1 Å². The molecular formula is C17H21N5O2S. The predicted octanol–water partition coefficient (Wildman–Crippen LogP) is 2.72. The van der Waals surface area contributed by atoms with E-state index in [1.165, 1.54) is 11.8 Å². The van der Waals surface area contributed by atoms with Crippen molar-refractivity contribution in [1.82, 2.24) is 15.2 Å². The molecule has 1 aliphatic heterocycles. The smallest absolute Gasteiger partial charge is 0.238 e. The van der Waals surface area contributed by atoms with Crippen LogP contribution in [0.3, 0.4) is 0 Å². The highest BCUT2D eigenvalue weighted by Gasteiger charge is 2.37. The van der Waals surface area contributed by atoms with Crippen LogP contribution in [0.1, 0.15) is 26.3 Å². The Morgan fingerprint density at radius 1 is 1.44 bits per heavy atom. The minimum Gasteiger partial charge on any atom is -0.495 e. The number of hydrogen-bond acceptors (Lipinski definition) is 6. The first-order valence-electron chi connectivity index (χ1n) is 7.84. The first-order chi connectivity index (χ1) is 11.8. The zero-order valence-electron chi connectivity index (χ0n) is 14.7. The van der Waals surface area contributed by atoms with E-state index in [4.69, 9.17) is 10.5 Å². The van der Waals surface area contributed by atoms with E-state index in [1.807, 2.05) is 39.0 Å². The summed E-state index contributed by atoms with van der Waals surface area (Å²) in [4.78, 5) is 18.9. The van der Waals surface area contributed by atoms with E-state index in [9.17, 15) is 4.79 Å². The van der Waals surface area contributed by atoms with Crippen molar-refractivity contribution >= 4 is 34.9 Å². The number of allylic oxidation sites excluding steroid dienone is 1. The van der Waals surface area contributed by atoms with E-state index in [0.717, 1.165) is 16.8 Å². The SMILES string of the molecule is COc1cccc2c1N(C(=O)CSc1n[nH]c(N)n1)C(C)(C)C=C2C. The van der Waals surface area contributed by atoms with Gasteiger partial charge in [0.15, 0.2) is 0 Å². The molecule has 0 fully saturated rings. The molecule has 1 aromatic carbocycles. The molecule has 0 bridgehead atoms. The van der Waals surface area contributed by atoms with Crippen LogP contribution in [0.5, 0.6) is 5.75 Å². The lowest BCUT2D eigenvalue weighted by molar-refractivity contribution is -0.116. The molecule has 0 unspecified atom stereocenters. The average molecular weight is 359 g/mol. The number of H-pyrrole nitrogens is 1. The van der Waals surface area contributed by atoms with Crippen LogP contribution >= 0.6 is 11.8 Å². The molecule has 2 heterocycles. The maximum atomic E-state index is 13.1. The number of hydrogen-bond donors (Lipinski definition) is 2.